The lowest BCUT2D eigenvalue weighted by Gasteiger charge is -2.35. The molecule has 0 aromatic heterocycles. The highest BCUT2D eigenvalue weighted by atomic mass is 16.5. The molecule has 1 aliphatic carbocycles. The SMILES string of the molecule is COCCCNC1CCN(C)CCN1C1=CC=CCC1. The van der Waals surface area contributed by atoms with E-state index in [4.69, 9.17) is 4.74 Å². The summed E-state index contributed by atoms with van der Waals surface area (Å²) in [5.74, 6) is 0. The van der Waals surface area contributed by atoms with Gasteiger partial charge in [-0.3, -0.25) is 5.32 Å². The number of rotatable bonds is 6. The summed E-state index contributed by atoms with van der Waals surface area (Å²) in [6.07, 6.45) is 11.8. The van der Waals surface area contributed by atoms with Gasteiger partial charge in [-0.05, 0) is 45.4 Å². The number of hydrogen-bond donors (Lipinski definition) is 1. The number of allylic oxidation sites excluding steroid dienone is 4. The average Bonchev–Trinajstić information content (AvgIpc) is 2.67. The Morgan fingerprint density at radius 2 is 2.25 bits per heavy atom. The highest BCUT2D eigenvalue weighted by Gasteiger charge is 2.23. The molecular formula is C16H29N3O. The van der Waals surface area contributed by atoms with Crippen LogP contribution in [0.1, 0.15) is 25.7 Å². The van der Waals surface area contributed by atoms with Crippen LogP contribution >= 0.6 is 0 Å². The zero-order valence-corrected chi connectivity index (χ0v) is 13.0. The van der Waals surface area contributed by atoms with E-state index >= 15 is 0 Å². The zero-order valence-electron chi connectivity index (χ0n) is 13.0. The second-order valence-electron chi connectivity index (χ2n) is 5.73. The van der Waals surface area contributed by atoms with Gasteiger partial charge in [-0.2, -0.15) is 0 Å². The second-order valence-corrected chi connectivity index (χ2v) is 5.73. The van der Waals surface area contributed by atoms with Crippen molar-refractivity contribution in [2.75, 3.05) is 46.9 Å². The fraction of sp³-hybridized carbons (Fsp3) is 0.750. The summed E-state index contributed by atoms with van der Waals surface area (Å²) in [6.45, 7) is 5.31. The Balaban J connectivity index is 1.95. The number of nitrogens with one attached hydrogen (secondary N) is 1. The van der Waals surface area contributed by atoms with E-state index in [0.717, 1.165) is 32.7 Å². The summed E-state index contributed by atoms with van der Waals surface area (Å²) < 4.78 is 5.13. The lowest BCUT2D eigenvalue weighted by atomic mass is 10.1. The van der Waals surface area contributed by atoms with E-state index in [0.29, 0.717) is 6.17 Å². The van der Waals surface area contributed by atoms with Crippen LogP contribution in [0.4, 0.5) is 0 Å². The summed E-state index contributed by atoms with van der Waals surface area (Å²) in [4.78, 5) is 5.02. The van der Waals surface area contributed by atoms with Crippen molar-refractivity contribution in [2.45, 2.75) is 31.8 Å². The standard InChI is InChI=1S/C16H29N3O/c1-18-11-9-16(17-10-6-14-20-2)19(13-12-18)15-7-4-3-5-8-15/h3-4,7,16-17H,5-6,8-14H2,1-2H3. The Bertz CT molecular complexity index is 341. The van der Waals surface area contributed by atoms with Crippen LogP contribution in [-0.2, 0) is 4.74 Å². The molecule has 4 nitrogen and oxygen atoms in total. The van der Waals surface area contributed by atoms with Crippen molar-refractivity contribution in [1.29, 1.82) is 0 Å². The number of likely N-dealkylation sites (N-methyl/N-ethyl adjacent to an activating group) is 1. The van der Waals surface area contributed by atoms with Crippen LogP contribution in [0.15, 0.2) is 23.9 Å². The third-order valence-corrected chi connectivity index (χ3v) is 4.15. The van der Waals surface area contributed by atoms with Crippen molar-refractivity contribution < 1.29 is 4.74 Å². The summed E-state index contributed by atoms with van der Waals surface area (Å²) in [7, 11) is 3.99. The molecule has 1 N–H and O–H groups in total. The number of hydrogen-bond acceptors (Lipinski definition) is 4. The van der Waals surface area contributed by atoms with Gasteiger partial charge in [0, 0.05) is 39.0 Å². The van der Waals surface area contributed by atoms with Crippen LogP contribution in [0.3, 0.4) is 0 Å². The molecule has 0 saturated carbocycles. The summed E-state index contributed by atoms with van der Waals surface area (Å²) >= 11 is 0. The van der Waals surface area contributed by atoms with Crippen LogP contribution in [0.2, 0.25) is 0 Å². The topological polar surface area (TPSA) is 27.7 Å². The molecule has 2 aliphatic rings. The lowest BCUT2D eigenvalue weighted by Crippen LogP contribution is -2.46. The zero-order chi connectivity index (χ0) is 14.2. The number of ether oxygens (including phenoxy) is 1. The predicted octanol–water partition coefficient (Wildman–Crippen LogP) is 1.81. The first-order chi connectivity index (χ1) is 9.81. The Hall–Kier alpha value is -0.840. The maximum absolute atomic E-state index is 5.13. The maximum atomic E-state index is 5.13. The van der Waals surface area contributed by atoms with Crippen LogP contribution in [0.5, 0.6) is 0 Å². The smallest absolute Gasteiger partial charge is 0.0805 e. The Morgan fingerprint density at radius 3 is 3.00 bits per heavy atom. The highest BCUT2D eigenvalue weighted by Crippen LogP contribution is 2.21. The first-order valence-electron chi connectivity index (χ1n) is 7.84. The number of methoxy groups -OCH3 is 1. The van der Waals surface area contributed by atoms with Crippen LogP contribution < -0.4 is 5.32 Å². The predicted molar refractivity (Wildman–Crippen MR) is 83.6 cm³/mol. The first-order valence-corrected chi connectivity index (χ1v) is 7.84. The van der Waals surface area contributed by atoms with Crippen molar-refractivity contribution >= 4 is 0 Å². The fourth-order valence-corrected chi connectivity index (χ4v) is 2.92. The monoisotopic (exact) mass is 279 g/mol. The molecule has 1 atom stereocenters. The minimum Gasteiger partial charge on any atom is -0.385 e. The van der Waals surface area contributed by atoms with Gasteiger partial charge in [-0.15, -0.1) is 0 Å². The number of nitrogens with zero attached hydrogens (tertiary/aromatic N) is 2. The van der Waals surface area contributed by atoms with E-state index in [-0.39, 0.29) is 0 Å². The normalized spacial score (nSPS) is 24.6. The molecule has 1 saturated heterocycles. The molecule has 1 heterocycles. The molecule has 114 valence electrons. The van der Waals surface area contributed by atoms with Gasteiger partial charge in [-0.1, -0.05) is 12.2 Å². The van der Waals surface area contributed by atoms with Crippen molar-refractivity contribution in [3.05, 3.63) is 23.9 Å². The molecule has 0 aromatic rings. The summed E-state index contributed by atoms with van der Waals surface area (Å²) in [5, 5.41) is 3.72. The highest BCUT2D eigenvalue weighted by molar-refractivity contribution is 5.17. The fourth-order valence-electron chi connectivity index (χ4n) is 2.92. The average molecular weight is 279 g/mol. The largest absolute Gasteiger partial charge is 0.385 e. The first kappa shape index (κ1) is 15.5. The van der Waals surface area contributed by atoms with E-state index < -0.39 is 0 Å². The van der Waals surface area contributed by atoms with Crippen molar-refractivity contribution in [2.24, 2.45) is 0 Å². The Morgan fingerprint density at radius 1 is 1.35 bits per heavy atom. The third kappa shape index (κ3) is 4.62. The minimum absolute atomic E-state index is 0.467. The maximum Gasteiger partial charge on any atom is 0.0805 e. The van der Waals surface area contributed by atoms with E-state index in [9.17, 15) is 0 Å². The molecule has 4 heteroatoms. The van der Waals surface area contributed by atoms with Crippen LogP contribution in [-0.4, -0.2) is 62.9 Å². The van der Waals surface area contributed by atoms with E-state index in [1.807, 2.05) is 0 Å². The van der Waals surface area contributed by atoms with Gasteiger partial charge in [0.05, 0.1) is 6.17 Å². The Kier molecular flexibility index (Phi) is 6.57. The lowest BCUT2D eigenvalue weighted by molar-refractivity contribution is 0.179. The van der Waals surface area contributed by atoms with Crippen molar-refractivity contribution in [3.8, 4) is 0 Å². The second kappa shape index (κ2) is 8.45. The quantitative estimate of drug-likeness (QED) is 0.751. The van der Waals surface area contributed by atoms with E-state index in [1.54, 1.807) is 7.11 Å². The van der Waals surface area contributed by atoms with Gasteiger partial charge in [0.1, 0.15) is 0 Å². The van der Waals surface area contributed by atoms with Crippen molar-refractivity contribution in [1.82, 2.24) is 15.1 Å². The van der Waals surface area contributed by atoms with Gasteiger partial charge in [0.25, 0.3) is 0 Å². The molecule has 1 aliphatic heterocycles. The van der Waals surface area contributed by atoms with E-state index in [2.05, 4.69) is 40.4 Å². The van der Waals surface area contributed by atoms with E-state index in [1.165, 1.54) is 31.5 Å². The molecule has 0 bridgehead atoms. The third-order valence-electron chi connectivity index (χ3n) is 4.15. The van der Waals surface area contributed by atoms with Gasteiger partial charge >= 0.3 is 0 Å². The van der Waals surface area contributed by atoms with Gasteiger partial charge in [0.15, 0.2) is 0 Å². The molecule has 0 aromatic carbocycles. The minimum atomic E-state index is 0.467. The van der Waals surface area contributed by atoms with Gasteiger partial charge < -0.3 is 14.5 Å². The summed E-state index contributed by atoms with van der Waals surface area (Å²) in [6, 6.07) is 0. The molecule has 0 amide bonds. The molecule has 1 fully saturated rings. The molecule has 0 radical (unpaired) electrons. The molecular weight excluding hydrogens is 250 g/mol. The molecule has 1 unspecified atom stereocenters. The molecule has 0 spiro atoms. The van der Waals surface area contributed by atoms with Gasteiger partial charge in [-0.25, -0.2) is 0 Å². The van der Waals surface area contributed by atoms with Crippen LogP contribution in [0, 0.1) is 0 Å². The van der Waals surface area contributed by atoms with Crippen molar-refractivity contribution in [3.63, 3.8) is 0 Å². The molecule has 2 rings (SSSR count). The molecule has 20 heavy (non-hydrogen) atoms. The van der Waals surface area contributed by atoms with Gasteiger partial charge in [0.2, 0.25) is 0 Å². The Labute approximate surface area is 123 Å². The van der Waals surface area contributed by atoms with Crippen LogP contribution in [0.25, 0.3) is 0 Å². The summed E-state index contributed by atoms with van der Waals surface area (Å²) in [5.41, 5.74) is 1.49.